The molecule has 0 amide bonds. The monoisotopic (exact) mass is 386 g/mol. The lowest BCUT2D eigenvalue weighted by molar-refractivity contribution is 0.422. The third-order valence-electron chi connectivity index (χ3n) is 4.77. The zero-order valence-electron chi connectivity index (χ0n) is 15.6. The number of benzene rings is 3. The van der Waals surface area contributed by atoms with Gasteiger partial charge in [0.15, 0.2) is 5.82 Å². The van der Waals surface area contributed by atoms with E-state index in [9.17, 15) is 4.39 Å². The molecule has 1 aromatic heterocycles. The molecule has 4 rings (SSSR count). The zero-order chi connectivity index (χ0) is 20.2. The molecule has 0 atom stereocenters. The highest BCUT2D eigenvalue weighted by Crippen LogP contribution is 2.27. The first-order valence-corrected chi connectivity index (χ1v) is 9.21. The molecule has 0 aliphatic heterocycles. The van der Waals surface area contributed by atoms with Crippen molar-refractivity contribution in [3.63, 3.8) is 0 Å². The van der Waals surface area contributed by atoms with E-state index < -0.39 is 0 Å². The second kappa shape index (κ2) is 8.06. The molecular formula is C23H19FN4O. The number of halogens is 1. The van der Waals surface area contributed by atoms with E-state index in [1.165, 1.54) is 12.3 Å². The predicted octanol–water partition coefficient (Wildman–Crippen LogP) is 4.91. The minimum atomic E-state index is -0.231. The Kier molecular flexibility index (Phi) is 5.16. The molecule has 1 heterocycles. The van der Waals surface area contributed by atoms with Crippen molar-refractivity contribution in [3.8, 4) is 22.6 Å². The Morgan fingerprint density at radius 2 is 1.69 bits per heavy atom. The van der Waals surface area contributed by atoms with Gasteiger partial charge >= 0.3 is 0 Å². The maximum Gasteiger partial charge on any atom is 0.260 e. The summed E-state index contributed by atoms with van der Waals surface area (Å²) in [7, 11) is 0. The SMILES string of the molecule is N=Cc1cccc(-c2nc(CCc3ccc(-c4ccccc4F)cc3)no2)c1N. The van der Waals surface area contributed by atoms with E-state index in [1.54, 1.807) is 30.3 Å². The minimum Gasteiger partial charge on any atom is -0.398 e. The van der Waals surface area contributed by atoms with E-state index in [1.807, 2.05) is 30.3 Å². The fourth-order valence-corrected chi connectivity index (χ4v) is 3.16. The van der Waals surface area contributed by atoms with Gasteiger partial charge in [0.25, 0.3) is 5.89 Å². The molecule has 6 heteroatoms. The zero-order valence-corrected chi connectivity index (χ0v) is 15.6. The average molecular weight is 386 g/mol. The lowest BCUT2D eigenvalue weighted by Gasteiger charge is -2.05. The van der Waals surface area contributed by atoms with Crippen molar-refractivity contribution in [1.29, 1.82) is 5.41 Å². The van der Waals surface area contributed by atoms with E-state index in [0.717, 1.165) is 17.5 Å². The summed E-state index contributed by atoms with van der Waals surface area (Å²) in [4.78, 5) is 4.43. The fraction of sp³-hybridized carbons (Fsp3) is 0.0870. The summed E-state index contributed by atoms with van der Waals surface area (Å²) in [6.45, 7) is 0. The molecule has 3 aromatic carbocycles. The molecule has 3 N–H and O–H groups in total. The van der Waals surface area contributed by atoms with Gasteiger partial charge in [-0.15, -0.1) is 0 Å². The molecule has 29 heavy (non-hydrogen) atoms. The van der Waals surface area contributed by atoms with Gasteiger partial charge in [0.2, 0.25) is 0 Å². The maximum absolute atomic E-state index is 13.9. The van der Waals surface area contributed by atoms with E-state index in [0.29, 0.717) is 40.5 Å². The van der Waals surface area contributed by atoms with Crippen molar-refractivity contribution in [3.05, 3.63) is 89.5 Å². The third-order valence-corrected chi connectivity index (χ3v) is 4.77. The van der Waals surface area contributed by atoms with Gasteiger partial charge in [0.1, 0.15) is 5.82 Å². The van der Waals surface area contributed by atoms with Crippen LogP contribution in [0.2, 0.25) is 0 Å². The summed E-state index contributed by atoms with van der Waals surface area (Å²) < 4.78 is 19.3. The van der Waals surface area contributed by atoms with Gasteiger partial charge in [-0.2, -0.15) is 4.98 Å². The molecule has 0 aliphatic carbocycles. The molecule has 4 aromatic rings. The highest BCUT2D eigenvalue weighted by Gasteiger charge is 2.13. The van der Waals surface area contributed by atoms with Crippen molar-refractivity contribution in [2.75, 3.05) is 5.73 Å². The summed E-state index contributed by atoms with van der Waals surface area (Å²) in [5.41, 5.74) is 10.3. The highest BCUT2D eigenvalue weighted by molar-refractivity contribution is 5.90. The number of nitrogens with one attached hydrogen (secondary N) is 1. The summed E-state index contributed by atoms with van der Waals surface area (Å²) in [6, 6.07) is 19.9. The van der Waals surface area contributed by atoms with Gasteiger partial charge in [-0.1, -0.05) is 59.8 Å². The number of hydrogen-bond acceptors (Lipinski definition) is 5. The van der Waals surface area contributed by atoms with Crippen LogP contribution in [0, 0.1) is 11.2 Å². The van der Waals surface area contributed by atoms with Crippen LogP contribution in [0.5, 0.6) is 0 Å². The first-order valence-electron chi connectivity index (χ1n) is 9.21. The molecular weight excluding hydrogens is 367 g/mol. The standard InChI is InChI=1S/C23H19FN4O/c24-20-7-2-1-5-18(20)16-11-8-15(9-12-16)10-13-21-27-23(29-28-21)19-6-3-4-17(14-25)22(19)26/h1-9,11-12,14,25H,10,13,26H2. The van der Waals surface area contributed by atoms with Crippen LogP contribution in [-0.2, 0) is 12.8 Å². The Labute approximate surface area is 167 Å². The highest BCUT2D eigenvalue weighted by atomic mass is 19.1. The summed E-state index contributed by atoms with van der Waals surface area (Å²) in [6.07, 6.45) is 2.53. The lowest BCUT2D eigenvalue weighted by Crippen LogP contribution is -1.97. The van der Waals surface area contributed by atoms with E-state index >= 15 is 0 Å². The van der Waals surface area contributed by atoms with E-state index in [2.05, 4.69) is 10.1 Å². The van der Waals surface area contributed by atoms with Crippen LogP contribution in [-0.4, -0.2) is 16.4 Å². The van der Waals surface area contributed by atoms with Crippen molar-refractivity contribution in [2.24, 2.45) is 0 Å². The number of nitrogen functional groups attached to an aromatic ring is 1. The smallest absolute Gasteiger partial charge is 0.260 e. The first-order chi connectivity index (χ1) is 14.2. The fourth-order valence-electron chi connectivity index (χ4n) is 3.16. The van der Waals surface area contributed by atoms with Gasteiger partial charge in [-0.25, -0.2) is 4.39 Å². The quantitative estimate of drug-likeness (QED) is 0.364. The summed E-state index contributed by atoms with van der Waals surface area (Å²) in [5, 5.41) is 11.4. The Morgan fingerprint density at radius 1 is 0.931 bits per heavy atom. The van der Waals surface area contributed by atoms with Crippen LogP contribution in [0.3, 0.4) is 0 Å². The predicted molar refractivity (Wildman–Crippen MR) is 111 cm³/mol. The van der Waals surface area contributed by atoms with Gasteiger partial charge in [0.05, 0.1) is 11.3 Å². The van der Waals surface area contributed by atoms with Crippen molar-refractivity contribution < 1.29 is 8.91 Å². The number of aryl methyl sites for hydroxylation is 2. The number of para-hydroxylation sites is 1. The molecule has 144 valence electrons. The van der Waals surface area contributed by atoms with Gasteiger partial charge in [-0.05, 0) is 29.7 Å². The van der Waals surface area contributed by atoms with Gasteiger partial charge in [-0.3, -0.25) is 0 Å². The molecule has 0 bridgehead atoms. The van der Waals surface area contributed by atoms with Gasteiger partial charge < -0.3 is 15.7 Å². The molecule has 5 nitrogen and oxygen atoms in total. The molecule has 0 saturated heterocycles. The van der Waals surface area contributed by atoms with E-state index in [-0.39, 0.29) is 5.82 Å². The summed E-state index contributed by atoms with van der Waals surface area (Å²) >= 11 is 0. The maximum atomic E-state index is 13.9. The molecule has 0 aliphatic rings. The average Bonchev–Trinajstić information content (AvgIpc) is 3.22. The first kappa shape index (κ1) is 18.6. The Hall–Kier alpha value is -3.80. The van der Waals surface area contributed by atoms with Crippen molar-refractivity contribution in [2.45, 2.75) is 12.8 Å². The van der Waals surface area contributed by atoms with E-state index in [4.69, 9.17) is 15.7 Å². The van der Waals surface area contributed by atoms with Crippen LogP contribution in [0.1, 0.15) is 17.0 Å². The number of anilines is 1. The second-order valence-corrected chi connectivity index (χ2v) is 6.65. The normalized spacial score (nSPS) is 10.8. The molecule has 0 radical (unpaired) electrons. The lowest BCUT2D eigenvalue weighted by atomic mass is 10.0. The molecule has 0 unspecified atom stereocenters. The second-order valence-electron chi connectivity index (χ2n) is 6.65. The third kappa shape index (κ3) is 3.91. The molecule has 0 fully saturated rings. The molecule has 0 spiro atoms. The number of nitrogens with two attached hydrogens (primary N) is 1. The van der Waals surface area contributed by atoms with Crippen LogP contribution in [0.25, 0.3) is 22.6 Å². The van der Waals surface area contributed by atoms with Crippen molar-refractivity contribution in [1.82, 2.24) is 10.1 Å². The van der Waals surface area contributed by atoms with Crippen LogP contribution in [0.15, 0.2) is 71.3 Å². The molecule has 0 saturated carbocycles. The topological polar surface area (TPSA) is 88.8 Å². The Bertz CT molecular complexity index is 1150. The summed E-state index contributed by atoms with van der Waals surface area (Å²) in [5.74, 6) is 0.694. The van der Waals surface area contributed by atoms with Crippen LogP contribution >= 0.6 is 0 Å². The number of hydrogen-bond donors (Lipinski definition) is 2. The number of rotatable bonds is 6. The minimum absolute atomic E-state index is 0.231. The van der Waals surface area contributed by atoms with Crippen LogP contribution < -0.4 is 5.73 Å². The largest absolute Gasteiger partial charge is 0.398 e. The van der Waals surface area contributed by atoms with Gasteiger partial charge in [0, 0.05) is 23.8 Å². The number of aromatic nitrogens is 2. The number of nitrogens with zero attached hydrogens (tertiary/aromatic N) is 2. The van der Waals surface area contributed by atoms with Crippen LogP contribution in [0.4, 0.5) is 10.1 Å². The Balaban J connectivity index is 1.45. The van der Waals surface area contributed by atoms with Crippen molar-refractivity contribution >= 4 is 11.9 Å². The Morgan fingerprint density at radius 3 is 2.45 bits per heavy atom.